The summed E-state index contributed by atoms with van der Waals surface area (Å²) in [5, 5.41) is 18.1. The molecule has 6 nitrogen and oxygen atoms in total. The first-order chi connectivity index (χ1) is 13.7. The molecule has 0 radical (unpaired) electrons. The Bertz CT molecular complexity index is 1060. The number of nitrogens with zero attached hydrogens (tertiary/aromatic N) is 2. The van der Waals surface area contributed by atoms with Crippen LogP contribution in [0, 0.1) is 0 Å². The molecule has 2 aliphatic heterocycles. The van der Waals surface area contributed by atoms with Gasteiger partial charge in [-0.1, -0.05) is 6.07 Å². The van der Waals surface area contributed by atoms with Gasteiger partial charge in [0, 0.05) is 16.9 Å². The summed E-state index contributed by atoms with van der Waals surface area (Å²) in [6.07, 6.45) is 0.751. The van der Waals surface area contributed by atoms with Gasteiger partial charge < -0.3 is 14.6 Å². The number of benzene rings is 2. The summed E-state index contributed by atoms with van der Waals surface area (Å²) >= 11 is 1.69. The second-order valence-corrected chi connectivity index (χ2v) is 7.53. The molecule has 0 unspecified atom stereocenters. The molecule has 140 valence electrons. The number of carboxylic acid groups (broad SMARTS) is 1. The standard InChI is InChI=1S/C21H16N2O4S/c24-21(25)13-3-6-15(7-4-13)23-17(20-2-1-9-28-20)11-16(22-23)14-5-8-18-19(10-14)27-12-26-18/h1-10,17H,11-12H2,(H,24,25)/t17-/m0/s1. The van der Waals surface area contributed by atoms with Gasteiger partial charge >= 0.3 is 5.97 Å². The molecule has 0 aliphatic carbocycles. The van der Waals surface area contributed by atoms with Gasteiger partial charge in [-0.25, -0.2) is 4.79 Å². The van der Waals surface area contributed by atoms with Crippen LogP contribution in [0.2, 0.25) is 0 Å². The van der Waals surface area contributed by atoms with Crippen molar-refractivity contribution >= 4 is 28.7 Å². The van der Waals surface area contributed by atoms with Crippen LogP contribution in [0.3, 0.4) is 0 Å². The number of hydrogen-bond donors (Lipinski definition) is 1. The fourth-order valence-electron chi connectivity index (χ4n) is 3.46. The number of thiophene rings is 1. The molecule has 28 heavy (non-hydrogen) atoms. The van der Waals surface area contributed by atoms with Crippen LogP contribution in [0.25, 0.3) is 0 Å². The molecule has 7 heteroatoms. The van der Waals surface area contributed by atoms with Crippen molar-refractivity contribution in [2.24, 2.45) is 5.10 Å². The summed E-state index contributed by atoms with van der Waals surface area (Å²) in [5.74, 6) is 0.544. The lowest BCUT2D eigenvalue weighted by atomic mass is 10.0. The van der Waals surface area contributed by atoms with Gasteiger partial charge in [0.1, 0.15) is 0 Å². The zero-order valence-electron chi connectivity index (χ0n) is 14.7. The molecule has 3 aromatic rings. The number of fused-ring (bicyclic) bond motifs is 1. The Hall–Kier alpha value is -3.32. The first kappa shape index (κ1) is 16.8. The molecule has 2 aliphatic rings. The molecule has 0 bridgehead atoms. The van der Waals surface area contributed by atoms with Crippen molar-refractivity contribution < 1.29 is 19.4 Å². The zero-order valence-corrected chi connectivity index (χ0v) is 15.6. The van der Waals surface area contributed by atoms with Crippen LogP contribution in [0.1, 0.15) is 33.3 Å². The van der Waals surface area contributed by atoms with E-state index in [1.54, 1.807) is 35.6 Å². The topological polar surface area (TPSA) is 71.4 Å². The summed E-state index contributed by atoms with van der Waals surface area (Å²) in [7, 11) is 0. The van der Waals surface area contributed by atoms with Crippen molar-refractivity contribution in [1.29, 1.82) is 0 Å². The van der Waals surface area contributed by atoms with E-state index in [1.165, 1.54) is 4.88 Å². The molecule has 1 N–H and O–H groups in total. The van der Waals surface area contributed by atoms with Crippen LogP contribution in [0.4, 0.5) is 5.69 Å². The smallest absolute Gasteiger partial charge is 0.335 e. The van der Waals surface area contributed by atoms with Crippen LogP contribution < -0.4 is 14.5 Å². The number of ether oxygens (including phenoxy) is 2. The minimum atomic E-state index is -0.938. The van der Waals surface area contributed by atoms with E-state index in [1.807, 2.05) is 29.3 Å². The molecule has 0 fully saturated rings. The molecule has 0 spiro atoms. The van der Waals surface area contributed by atoms with Crippen molar-refractivity contribution in [2.45, 2.75) is 12.5 Å². The highest BCUT2D eigenvalue weighted by atomic mass is 32.1. The van der Waals surface area contributed by atoms with Gasteiger partial charge in [0.15, 0.2) is 11.5 Å². The second kappa shape index (κ2) is 6.69. The SMILES string of the molecule is O=C(O)c1ccc(N2N=C(c3ccc4c(c3)OCO4)C[C@H]2c2cccs2)cc1. The Labute approximate surface area is 165 Å². The Morgan fingerprint density at radius 2 is 1.93 bits per heavy atom. The first-order valence-corrected chi connectivity index (χ1v) is 9.70. The molecular formula is C21H16N2O4S. The number of aromatic carboxylic acids is 1. The minimum absolute atomic E-state index is 0.0658. The van der Waals surface area contributed by atoms with E-state index >= 15 is 0 Å². The highest BCUT2D eigenvalue weighted by Crippen LogP contribution is 2.40. The Morgan fingerprint density at radius 1 is 1.11 bits per heavy atom. The maximum atomic E-state index is 11.2. The third-order valence-electron chi connectivity index (χ3n) is 4.87. The summed E-state index contributed by atoms with van der Waals surface area (Å²) in [4.78, 5) is 12.4. The van der Waals surface area contributed by atoms with Crippen molar-refractivity contribution in [2.75, 3.05) is 11.8 Å². The van der Waals surface area contributed by atoms with Crippen LogP contribution in [0.5, 0.6) is 11.5 Å². The number of anilines is 1. The Kier molecular flexibility index (Phi) is 4.02. The van der Waals surface area contributed by atoms with Crippen LogP contribution in [-0.2, 0) is 0 Å². The van der Waals surface area contributed by atoms with E-state index < -0.39 is 5.97 Å². The monoisotopic (exact) mass is 392 g/mol. The normalized spacial score (nSPS) is 17.6. The van der Waals surface area contributed by atoms with E-state index in [4.69, 9.17) is 19.7 Å². The van der Waals surface area contributed by atoms with E-state index in [2.05, 4.69) is 11.4 Å². The molecule has 1 atom stereocenters. The van der Waals surface area contributed by atoms with E-state index in [0.29, 0.717) is 0 Å². The lowest BCUT2D eigenvalue weighted by molar-refractivity contribution is 0.0697. The predicted molar refractivity (Wildman–Crippen MR) is 107 cm³/mol. The van der Waals surface area contributed by atoms with Gasteiger partial charge in [-0.3, -0.25) is 5.01 Å². The average molecular weight is 392 g/mol. The number of hydrogen-bond acceptors (Lipinski definition) is 6. The van der Waals surface area contributed by atoms with E-state index in [0.717, 1.165) is 34.9 Å². The van der Waals surface area contributed by atoms with Crippen molar-refractivity contribution in [3.05, 3.63) is 76.0 Å². The summed E-state index contributed by atoms with van der Waals surface area (Å²) in [6.45, 7) is 0.241. The molecule has 1 aromatic heterocycles. The quantitative estimate of drug-likeness (QED) is 0.706. The molecule has 3 heterocycles. The third-order valence-corrected chi connectivity index (χ3v) is 5.84. The van der Waals surface area contributed by atoms with E-state index in [9.17, 15) is 4.79 Å². The third kappa shape index (κ3) is 2.90. The largest absolute Gasteiger partial charge is 0.478 e. The van der Waals surface area contributed by atoms with Crippen LogP contribution >= 0.6 is 11.3 Å². The molecule has 5 rings (SSSR count). The van der Waals surface area contributed by atoms with Crippen LogP contribution in [0.15, 0.2) is 65.1 Å². The summed E-state index contributed by atoms with van der Waals surface area (Å²) in [6, 6.07) is 16.9. The fraction of sp³-hybridized carbons (Fsp3) is 0.143. The van der Waals surface area contributed by atoms with Gasteiger partial charge in [-0.05, 0) is 53.9 Å². The van der Waals surface area contributed by atoms with Crippen molar-refractivity contribution in [3.63, 3.8) is 0 Å². The lowest BCUT2D eigenvalue weighted by Gasteiger charge is -2.22. The summed E-state index contributed by atoms with van der Waals surface area (Å²) in [5.41, 5.74) is 3.07. The number of rotatable bonds is 4. The minimum Gasteiger partial charge on any atom is -0.478 e. The molecule has 2 aromatic carbocycles. The van der Waals surface area contributed by atoms with Crippen molar-refractivity contribution in [1.82, 2.24) is 0 Å². The van der Waals surface area contributed by atoms with Gasteiger partial charge in [0.05, 0.1) is 23.0 Å². The maximum Gasteiger partial charge on any atom is 0.335 e. The highest BCUT2D eigenvalue weighted by Gasteiger charge is 2.31. The maximum absolute atomic E-state index is 11.2. The first-order valence-electron chi connectivity index (χ1n) is 8.82. The number of hydrazone groups is 1. The zero-order chi connectivity index (χ0) is 19.1. The number of carbonyl (C=O) groups is 1. The second-order valence-electron chi connectivity index (χ2n) is 6.55. The van der Waals surface area contributed by atoms with Crippen molar-refractivity contribution in [3.8, 4) is 11.5 Å². The molecular weight excluding hydrogens is 376 g/mol. The van der Waals surface area contributed by atoms with Gasteiger partial charge in [0.2, 0.25) is 6.79 Å². The number of carboxylic acids is 1. The highest BCUT2D eigenvalue weighted by molar-refractivity contribution is 7.10. The van der Waals surface area contributed by atoms with Crippen LogP contribution in [-0.4, -0.2) is 23.6 Å². The lowest BCUT2D eigenvalue weighted by Crippen LogP contribution is -2.17. The Morgan fingerprint density at radius 3 is 2.68 bits per heavy atom. The average Bonchev–Trinajstić information content (AvgIpc) is 3.47. The molecule has 0 saturated heterocycles. The van der Waals surface area contributed by atoms with Gasteiger partial charge in [-0.2, -0.15) is 5.10 Å². The molecule has 0 amide bonds. The van der Waals surface area contributed by atoms with Gasteiger partial charge in [-0.15, -0.1) is 11.3 Å². The predicted octanol–water partition coefficient (Wildman–Crippen LogP) is 4.53. The molecule has 0 saturated carbocycles. The Balaban J connectivity index is 1.52. The van der Waals surface area contributed by atoms with E-state index in [-0.39, 0.29) is 18.4 Å². The summed E-state index contributed by atoms with van der Waals surface area (Å²) < 4.78 is 10.9. The fourth-order valence-corrected chi connectivity index (χ4v) is 4.27. The van der Waals surface area contributed by atoms with Gasteiger partial charge in [0.25, 0.3) is 0 Å².